The Kier molecular flexibility index (Phi) is 7.73. The summed E-state index contributed by atoms with van der Waals surface area (Å²) in [5.41, 5.74) is -0.0936. The highest BCUT2D eigenvalue weighted by Gasteiger charge is 2.22. The van der Waals surface area contributed by atoms with Gasteiger partial charge >= 0.3 is 0 Å². The van der Waals surface area contributed by atoms with Crippen molar-refractivity contribution in [3.8, 4) is 0 Å². The van der Waals surface area contributed by atoms with Crippen molar-refractivity contribution in [1.82, 2.24) is 20.5 Å². The number of hydrogen-bond acceptors (Lipinski definition) is 4. The molecule has 2 aromatic rings. The molecule has 8 heteroatoms. The van der Waals surface area contributed by atoms with Gasteiger partial charge in [0.15, 0.2) is 5.96 Å². The first kappa shape index (κ1) is 22.8. The Labute approximate surface area is 171 Å². The van der Waals surface area contributed by atoms with E-state index in [0.29, 0.717) is 18.4 Å². The molecule has 1 heterocycles. The summed E-state index contributed by atoms with van der Waals surface area (Å²) in [6.07, 6.45) is 1.72. The quantitative estimate of drug-likeness (QED) is 0.542. The second-order valence-electron chi connectivity index (χ2n) is 8.06. The van der Waals surface area contributed by atoms with E-state index in [-0.39, 0.29) is 24.1 Å². The highest BCUT2D eigenvalue weighted by atomic mass is 19.1. The first-order valence-corrected chi connectivity index (χ1v) is 9.71. The minimum atomic E-state index is -0.568. The number of guanidine groups is 1. The molecule has 0 amide bonds. The summed E-state index contributed by atoms with van der Waals surface area (Å²) in [4.78, 5) is 10.5. The molecule has 0 spiro atoms. The van der Waals surface area contributed by atoms with Gasteiger partial charge in [-0.2, -0.15) is 0 Å². The summed E-state index contributed by atoms with van der Waals surface area (Å²) in [7, 11) is 3.56. The molecule has 0 radical (unpaired) electrons. The third-order valence-corrected chi connectivity index (χ3v) is 4.43. The van der Waals surface area contributed by atoms with Crippen LogP contribution in [0.4, 0.5) is 8.78 Å². The lowest BCUT2D eigenvalue weighted by Crippen LogP contribution is -2.42. The maximum absolute atomic E-state index is 14.2. The Morgan fingerprint density at radius 1 is 1.21 bits per heavy atom. The van der Waals surface area contributed by atoms with Gasteiger partial charge in [0.25, 0.3) is 0 Å². The van der Waals surface area contributed by atoms with Crippen molar-refractivity contribution in [2.45, 2.75) is 45.7 Å². The van der Waals surface area contributed by atoms with Gasteiger partial charge in [-0.3, -0.25) is 0 Å². The molecule has 1 atom stereocenters. The third kappa shape index (κ3) is 6.25. The van der Waals surface area contributed by atoms with E-state index in [4.69, 9.17) is 4.42 Å². The van der Waals surface area contributed by atoms with Crippen LogP contribution in [-0.4, -0.2) is 43.0 Å². The van der Waals surface area contributed by atoms with Crippen LogP contribution in [0.2, 0.25) is 0 Å². The number of nitrogens with zero attached hydrogens (tertiary/aromatic N) is 3. The average Bonchev–Trinajstić information content (AvgIpc) is 3.11. The SMILES string of the molecule is CCNC(=NCc1ncc(C(C)(C)C)o1)NCC(c1c(F)cccc1F)N(C)C. The monoisotopic (exact) mass is 407 g/mol. The third-order valence-electron chi connectivity index (χ3n) is 4.43. The standard InChI is InChI=1S/C21H31F2N5O/c1-7-24-20(27-13-18-25-12-17(29-18)21(2,3)4)26-11-16(28(5)6)19-14(22)9-8-10-15(19)23/h8-10,12,16H,7,11,13H2,1-6H3,(H2,24,26,27). The summed E-state index contributed by atoms with van der Waals surface area (Å²) in [6.45, 7) is 9.27. The van der Waals surface area contributed by atoms with Crippen molar-refractivity contribution < 1.29 is 13.2 Å². The lowest BCUT2D eigenvalue weighted by molar-refractivity contribution is 0.282. The Balaban J connectivity index is 2.12. The van der Waals surface area contributed by atoms with E-state index in [2.05, 4.69) is 41.4 Å². The second kappa shape index (κ2) is 9.82. The van der Waals surface area contributed by atoms with Crippen molar-refractivity contribution in [3.05, 3.63) is 53.2 Å². The molecule has 0 aliphatic rings. The van der Waals surface area contributed by atoms with Gasteiger partial charge in [0.1, 0.15) is 23.9 Å². The number of nitrogens with one attached hydrogen (secondary N) is 2. The van der Waals surface area contributed by atoms with Crippen molar-refractivity contribution in [3.63, 3.8) is 0 Å². The number of oxazole rings is 1. The van der Waals surface area contributed by atoms with Gasteiger partial charge in [-0.25, -0.2) is 18.8 Å². The summed E-state index contributed by atoms with van der Waals surface area (Å²) in [5, 5.41) is 6.29. The van der Waals surface area contributed by atoms with Gasteiger partial charge in [0, 0.05) is 24.1 Å². The summed E-state index contributed by atoms with van der Waals surface area (Å²) in [6, 6.07) is 3.39. The molecule has 0 aliphatic heterocycles. The molecular formula is C21H31F2N5O. The topological polar surface area (TPSA) is 65.7 Å². The molecule has 2 N–H and O–H groups in total. The zero-order valence-corrected chi connectivity index (χ0v) is 18.0. The fraction of sp³-hybridized carbons (Fsp3) is 0.524. The van der Waals surface area contributed by atoms with Crippen LogP contribution in [0, 0.1) is 11.6 Å². The smallest absolute Gasteiger partial charge is 0.216 e. The van der Waals surface area contributed by atoms with Gasteiger partial charge in [-0.1, -0.05) is 26.8 Å². The van der Waals surface area contributed by atoms with Gasteiger partial charge in [-0.15, -0.1) is 0 Å². The zero-order chi connectivity index (χ0) is 21.6. The number of aliphatic imine (C=N–C) groups is 1. The van der Waals surface area contributed by atoms with Crippen molar-refractivity contribution >= 4 is 5.96 Å². The summed E-state index contributed by atoms with van der Waals surface area (Å²) >= 11 is 0. The average molecular weight is 408 g/mol. The molecule has 1 aromatic carbocycles. The van der Waals surface area contributed by atoms with Gasteiger partial charge in [0.2, 0.25) is 5.89 Å². The molecule has 1 aromatic heterocycles. The van der Waals surface area contributed by atoms with E-state index < -0.39 is 17.7 Å². The van der Waals surface area contributed by atoms with Crippen LogP contribution in [0.1, 0.15) is 51.0 Å². The normalized spacial score (nSPS) is 13.6. The van der Waals surface area contributed by atoms with E-state index in [1.807, 2.05) is 6.92 Å². The molecule has 6 nitrogen and oxygen atoms in total. The molecule has 29 heavy (non-hydrogen) atoms. The fourth-order valence-electron chi connectivity index (χ4n) is 2.78. The van der Waals surface area contributed by atoms with Crippen LogP contribution < -0.4 is 10.6 Å². The first-order valence-electron chi connectivity index (χ1n) is 9.71. The predicted octanol–water partition coefficient (Wildman–Crippen LogP) is 3.61. The minimum absolute atomic E-state index is 0.0309. The van der Waals surface area contributed by atoms with Crippen LogP contribution in [-0.2, 0) is 12.0 Å². The Hall–Kier alpha value is -2.48. The summed E-state index contributed by atoms with van der Waals surface area (Å²) in [5.74, 6) is 0.690. The number of hydrogen-bond donors (Lipinski definition) is 2. The molecular weight excluding hydrogens is 376 g/mol. The summed E-state index contributed by atoms with van der Waals surface area (Å²) < 4.78 is 34.2. The van der Waals surface area contributed by atoms with Crippen LogP contribution in [0.5, 0.6) is 0 Å². The number of likely N-dealkylation sites (N-methyl/N-ethyl adjacent to an activating group) is 1. The molecule has 0 saturated carbocycles. The first-order chi connectivity index (χ1) is 13.6. The van der Waals surface area contributed by atoms with E-state index in [1.54, 1.807) is 25.2 Å². The van der Waals surface area contributed by atoms with Gasteiger partial charge < -0.3 is 20.0 Å². The maximum Gasteiger partial charge on any atom is 0.216 e. The fourth-order valence-corrected chi connectivity index (χ4v) is 2.78. The zero-order valence-electron chi connectivity index (χ0n) is 18.0. The lowest BCUT2D eigenvalue weighted by atomic mass is 9.94. The Morgan fingerprint density at radius 3 is 2.38 bits per heavy atom. The van der Waals surface area contributed by atoms with Crippen LogP contribution in [0.25, 0.3) is 0 Å². The number of rotatable bonds is 7. The molecule has 2 rings (SSSR count). The van der Waals surface area contributed by atoms with Crippen molar-refractivity contribution in [2.24, 2.45) is 4.99 Å². The van der Waals surface area contributed by atoms with E-state index in [9.17, 15) is 8.78 Å². The van der Waals surface area contributed by atoms with E-state index in [1.165, 1.54) is 18.2 Å². The highest BCUT2D eigenvalue weighted by Crippen LogP contribution is 2.24. The van der Waals surface area contributed by atoms with Crippen molar-refractivity contribution in [1.29, 1.82) is 0 Å². The largest absolute Gasteiger partial charge is 0.443 e. The second-order valence-corrected chi connectivity index (χ2v) is 8.06. The van der Waals surface area contributed by atoms with Crippen molar-refractivity contribution in [2.75, 3.05) is 27.2 Å². The highest BCUT2D eigenvalue weighted by molar-refractivity contribution is 5.79. The molecule has 0 fully saturated rings. The molecule has 160 valence electrons. The van der Waals surface area contributed by atoms with Crippen LogP contribution in [0.15, 0.2) is 33.8 Å². The number of benzene rings is 1. The molecule has 1 unspecified atom stereocenters. The molecule has 0 bridgehead atoms. The van der Waals surface area contributed by atoms with E-state index >= 15 is 0 Å². The van der Waals surface area contributed by atoms with E-state index in [0.717, 1.165) is 5.76 Å². The Morgan fingerprint density at radius 2 is 1.86 bits per heavy atom. The van der Waals surface area contributed by atoms with Gasteiger partial charge in [0.05, 0.1) is 12.2 Å². The van der Waals surface area contributed by atoms with Gasteiger partial charge in [-0.05, 0) is 33.2 Å². The van der Waals surface area contributed by atoms with Crippen LogP contribution >= 0.6 is 0 Å². The molecule has 0 aliphatic carbocycles. The Bertz CT molecular complexity index is 806. The minimum Gasteiger partial charge on any atom is -0.443 e. The molecule has 0 saturated heterocycles. The van der Waals surface area contributed by atoms with Crippen LogP contribution in [0.3, 0.4) is 0 Å². The lowest BCUT2D eigenvalue weighted by Gasteiger charge is -2.26. The maximum atomic E-state index is 14.2. The predicted molar refractivity (Wildman–Crippen MR) is 111 cm³/mol. The number of halogens is 2. The number of aromatic nitrogens is 1.